The molecular formula is C16H21N3OS. The van der Waals surface area contributed by atoms with Gasteiger partial charge in [0, 0.05) is 18.2 Å². The molecule has 0 saturated carbocycles. The van der Waals surface area contributed by atoms with Gasteiger partial charge in [0.05, 0.1) is 10.2 Å². The number of hydrogen-bond donors (Lipinski definition) is 1. The fraction of sp³-hybridized carbons (Fsp3) is 0.500. The Kier molecular flexibility index (Phi) is 4.10. The number of thiazole rings is 1. The lowest BCUT2D eigenvalue weighted by Gasteiger charge is -2.29. The van der Waals surface area contributed by atoms with Crippen LogP contribution in [0.3, 0.4) is 0 Å². The van der Waals surface area contributed by atoms with E-state index in [0.29, 0.717) is 11.2 Å². The second-order valence-corrected chi connectivity index (χ2v) is 6.71. The summed E-state index contributed by atoms with van der Waals surface area (Å²) in [5.41, 5.74) is 7.36. The van der Waals surface area contributed by atoms with Gasteiger partial charge in [-0.15, -0.1) is 0 Å². The third-order valence-electron chi connectivity index (χ3n) is 4.26. The molecule has 2 heterocycles. The number of likely N-dealkylation sites (tertiary alicyclic amines) is 1. The van der Waals surface area contributed by atoms with Crippen LogP contribution in [-0.4, -0.2) is 28.4 Å². The van der Waals surface area contributed by atoms with Crippen molar-refractivity contribution in [2.75, 3.05) is 12.3 Å². The van der Waals surface area contributed by atoms with Crippen molar-refractivity contribution in [3.8, 4) is 0 Å². The maximum absolute atomic E-state index is 12.9. The molecule has 5 heteroatoms. The fourth-order valence-corrected chi connectivity index (χ4v) is 3.88. The second kappa shape index (κ2) is 6.02. The van der Waals surface area contributed by atoms with Gasteiger partial charge in [0.15, 0.2) is 5.13 Å². The first-order valence-electron chi connectivity index (χ1n) is 7.66. The zero-order valence-electron chi connectivity index (χ0n) is 12.3. The summed E-state index contributed by atoms with van der Waals surface area (Å²) in [5.74, 6) is 0.151. The largest absolute Gasteiger partial charge is 0.375 e. The van der Waals surface area contributed by atoms with Gasteiger partial charge in [-0.2, -0.15) is 0 Å². The molecule has 0 bridgehead atoms. The molecule has 1 aliphatic heterocycles. The predicted octanol–water partition coefficient (Wildman–Crippen LogP) is 3.67. The topological polar surface area (TPSA) is 59.2 Å². The smallest absolute Gasteiger partial charge is 0.254 e. The van der Waals surface area contributed by atoms with Crippen molar-refractivity contribution in [1.82, 2.24) is 9.88 Å². The van der Waals surface area contributed by atoms with Crippen LogP contribution in [0.15, 0.2) is 18.2 Å². The van der Waals surface area contributed by atoms with E-state index >= 15 is 0 Å². The Morgan fingerprint density at radius 3 is 3.10 bits per heavy atom. The summed E-state index contributed by atoms with van der Waals surface area (Å²) >= 11 is 1.44. The molecule has 2 aromatic rings. The summed E-state index contributed by atoms with van der Waals surface area (Å²) in [7, 11) is 0. The molecule has 1 aromatic carbocycles. The molecule has 3 rings (SSSR count). The number of nitrogens with two attached hydrogens (primary N) is 1. The van der Waals surface area contributed by atoms with Crippen LogP contribution in [-0.2, 0) is 0 Å². The number of carbonyl (C=O) groups excluding carboxylic acids is 1. The molecule has 0 spiro atoms. The number of rotatable bonds is 2. The fourth-order valence-electron chi connectivity index (χ4n) is 3.11. The quantitative estimate of drug-likeness (QED) is 0.920. The van der Waals surface area contributed by atoms with Crippen molar-refractivity contribution < 1.29 is 4.79 Å². The van der Waals surface area contributed by atoms with Crippen molar-refractivity contribution in [1.29, 1.82) is 0 Å². The van der Waals surface area contributed by atoms with E-state index in [1.165, 1.54) is 24.2 Å². The van der Waals surface area contributed by atoms with Crippen LogP contribution in [0.1, 0.15) is 49.4 Å². The molecule has 112 valence electrons. The van der Waals surface area contributed by atoms with Crippen molar-refractivity contribution >= 4 is 32.6 Å². The number of anilines is 1. The van der Waals surface area contributed by atoms with Crippen molar-refractivity contribution in [3.05, 3.63) is 23.8 Å². The summed E-state index contributed by atoms with van der Waals surface area (Å²) in [5, 5.41) is 0.552. The number of amides is 1. The SMILES string of the molecule is CCC1CCCCCN1C(=O)c1ccc2nc(N)sc2c1. The molecule has 2 N–H and O–H groups in total. The zero-order valence-corrected chi connectivity index (χ0v) is 13.2. The van der Waals surface area contributed by atoms with E-state index in [1.54, 1.807) is 0 Å². The Bertz CT molecular complexity index is 652. The van der Waals surface area contributed by atoms with Crippen LogP contribution >= 0.6 is 11.3 Å². The summed E-state index contributed by atoms with van der Waals surface area (Å²) in [6, 6.07) is 6.08. The molecule has 1 amide bonds. The van der Waals surface area contributed by atoms with Gasteiger partial charge in [-0.05, 0) is 37.5 Å². The first-order chi connectivity index (χ1) is 10.2. The van der Waals surface area contributed by atoms with Gasteiger partial charge in [0.25, 0.3) is 5.91 Å². The van der Waals surface area contributed by atoms with Crippen molar-refractivity contribution in [3.63, 3.8) is 0 Å². The highest BCUT2D eigenvalue weighted by Gasteiger charge is 2.25. The third kappa shape index (κ3) is 2.88. The molecular weight excluding hydrogens is 282 g/mol. The van der Waals surface area contributed by atoms with Crippen LogP contribution in [0.2, 0.25) is 0 Å². The van der Waals surface area contributed by atoms with E-state index in [9.17, 15) is 4.79 Å². The molecule has 1 fully saturated rings. The lowest BCUT2D eigenvalue weighted by molar-refractivity contribution is 0.0678. The average Bonchev–Trinajstić information content (AvgIpc) is 2.71. The van der Waals surface area contributed by atoms with Crippen LogP contribution in [0.5, 0.6) is 0 Å². The summed E-state index contributed by atoms with van der Waals surface area (Å²) in [4.78, 5) is 19.2. The highest BCUT2D eigenvalue weighted by molar-refractivity contribution is 7.22. The van der Waals surface area contributed by atoms with E-state index in [1.807, 2.05) is 18.2 Å². The van der Waals surface area contributed by atoms with Crippen LogP contribution in [0.4, 0.5) is 5.13 Å². The van der Waals surface area contributed by atoms with Crippen LogP contribution < -0.4 is 5.73 Å². The Labute approximate surface area is 129 Å². The Morgan fingerprint density at radius 2 is 2.29 bits per heavy atom. The molecule has 0 radical (unpaired) electrons. The maximum atomic E-state index is 12.9. The van der Waals surface area contributed by atoms with Gasteiger partial charge in [-0.3, -0.25) is 4.79 Å². The normalized spacial score (nSPS) is 19.7. The minimum absolute atomic E-state index is 0.151. The number of benzene rings is 1. The number of fused-ring (bicyclic) bond motifs is 1. The maximum Gasteiger partial charge on any atom is 0.254 e. The Morgan fingerprint density at radius 1 is 1.43 bits per heavy atom. The summed E-state index contributed by atoms with van der Waals surface area (Å²) < 4.78 is 0.987. The van der Waals surface area contributed by atoms with Gasteiger partial charge in [0.1, 0.15) is 0 Å². The van der Waals surface area contributed by atoms with Gasteiger partial charge in [-0.1, -0.05) is 31.1 Å². The zero-order chi connectivity index (χ0) is 14.8. The number of carbonyl (C=O) groups is 1. The molecule has 21 heavy (non-hydrogen) atoms. The van der Waals surface area contributed by atoms with Crippen molar-refractivity contribution in [2.24, 2.45) is 0 Å². The van der Waals surface area contributed by atoms with Crippen LogP contribution in [0.25, 0.3) is 10.2 Å². The second-order valence-electron chi connectivity index (χ2n) is 5.64. The molecule has 4 nitrogen and oxygen atoms in total. The number of nitrogens with zero attached hydrogens (tertiary/aromatic N) is 2. The summed E-state index contributed by atoms with van der Waals surface area (Å²) in [6.07, 6.45) is 5.72. The van der Waals surface area contributed by atoms with E-state index in [2.05, 4.69) is 16.8 Å². The highest BCUT2D eigenvalue weighted by Crippen LogP contribution is 2.27. The molecule has 1 aromatic heterocycles. The first kappa shape index (κ1) is 14.3. The van der Waals surface area contributed by atoms with E-state index in [-0.39, 0.29) is 5.91 Å². The molecule has 1 saturated heterocycles. The monoisotopic (exact) mass is 303 g/mol. The lowest BCUT2D eigenvalue weighted by atomic mass is 10.1. The minimum Gasteiger partial charge on any atom is -0.375 e. The molecule has 1 atom stereocenters. The molecule has 1 aliphatic rings. The average molecular weight is 303 g/mol. The van der Waals surface area contributed by atoms with Gasteiger partial charge >= 0.3 is 0 Å². The lowest BCUT2D eigenvalue weighted by Crippen LogP contribution is -2.39. The predicted molar refractivity (Wildman–Crippen MR) is 87.6 cm³/mol. The summed E-state index contributed by atoms with van der Waals surface area (Å²) in [6.45, 7) is 3.05. The highest BCUT2D eigenvalue weighted by atomic mass is 32.1. The Hall–Kier alpha value is -1.62. The Balaban J connectivity index is 1.90. The number of hydrogen-bond acceptors (Lipinski definition) is 4. The third-order valence-corrected chi connectivity index (χ3v) is 5.11. The first-order valence-corrected chi connectivity index (χ1v) is 8.47. The minimum atomic E-state index is 0.151. The van der Waals surface area contributed by atoms with Gasteiger partial charge in [0.2, 0.25) is 0 Å². The number of nitrogen functional groups attached to an aromatic ring is 1. The van der Waals surface area contributed by atoms with Crippen LogP contribution in [0, 0.1) is 0 Å². The van der Waals surface area contributed by atoms with Gasteiger partial charge in [-0.25, -0.2) is 4.98 Å². The standard InChI is InChI=1S/C16H21N3OS/c1-2-12-6-4-3-5-9-19(12)15(20)11-7-8-13-14(10-11)21-16(17)18-13/h7-8,10,12H,2-6,9H2,1H3,(H2,17,18). The van der Waals surface area contributed by atoms with E-state index < -0.39 is 0 Å². The van der Waals surface area contributed by atoms with E-state index in [0.717, 1.165) is 41.6 Å². The molecule has 0 aliphatic carbocycles. The van der Waals surface area contributed by atoms with E-state index in [4.69, 9.17) is 5.73 Å². The van der Waals surface area contributed by atoms with Gasteiger partial charge < -0.3 is 10.6 Å². The molecule has 1 unspecified atom stereocenters. The van der Waals surface area contributed by atoms with Crippen molar-refractivity contribution in [2.45, 2.75) is 45.1 Å². The number of aromatic nitrogens is 1.